The Morgan fingerprint density at radius 1 is 1.27 bits per heavy atom. The Hall–Kier alpha value is -1.79. The number of thiocarbonyl (C=S) groups is 1. The number of nitrogens with one attached hydrogen (secondary N) is 2. The molecule has 1 aromatic heterocycles. The number of hydrogen-bond donors (Lipinski definition) is 2. The van der Waals surface area contributed by atoms with Crippen molar-refractivity contribution in [2.75, 3.05) is 17.6 Å². The van der Waals surface area contributed by atoms with Gasteiger partial charge in [-0.1, -0.05) is 0 Å². The molecule has 22 heavy (non-hydrogen) atoms. The quantitative estimate of drug-likeness (QED) is 0.457. The summed E-state index contributed by atoms with van der Waals surface area (Å²) in [4.78, 5) is 11.2. The van der Waals surface area contributed by atoms with Gasteiger partial charge in [-0.2, -0.15) is 11.8 Å². The number of carbonyl (C=O) groups is 1. The summed E-state index contributed by atoms with van der Waals surface area (Å²) in [5, 5.41) is 6.82. The predicted molar refractivity (Wildman–Crippen MR) is 95.5 cm³/mol. The molecule has 0 saturated carbocycles. The van der Waals surface area contributed by atoms with E-state index in [0.717, 1.165) is 29.5 Å². The van der Waals surface area contributed by atoms with E-state index in [1.165, 1.54) is 0 Å². The number of Topliss-reactive ketones (excluding diaryl/α,β-unsaturated/α-hetero) is 1. The zero-order chi connectivity index (χ0) is 15.8. The molecular formula is C16H18N2O2S2. The first-order valence-corrected chi connectivity index (χ1v) is 8.47. The van der Waals surface area contributed by atoms with Crippen LogP contribution < -0.4 is 10.6 Å². The van der Waals surface area contributed by atoms with Crippen molar-refractivity contribution in [2.24, 2.45) is 0 Å². The molecule has 116 valence electrons. The van der Waals surface area contributed by atoms with E-state index in [2.05, 4.69) is 10.6 Å². The minimum Gasteiger partial charge on any atom is -0.468 e. The second-order valence-corrected chi connectivity index (χ2v) is 6.16. The summed E-state index contributed by atoms with van der Waals surface area (Å²) in [5.74, 6) is 2.84. The van der Waals surface area contributed by atoms with Crippen molar-refractivity contribution < 1.29 is 9.21 Å². The number of benzene rings is 1. The molecule has 2 aromatic rings. The minimum absolute atomic E-state index is 0.0563. The molecule has 0 radical (unpaired) electrons. The van der Waals surface area contributed by atoms with E-state index in [9.17, 15) is 4.79 Å². The maximum Gasteiger partial charge on any atom is 0.170 e. The Kier molecular flexibility index (Phi) is 6.48. The van der Waals surface area contributed by atoms with Crippen molar-refractivity contribution in [2.45, 2.75) is 12.7 Å². The molecule has 0 fully saturated rings. The SMILES string of the molecule is CC(=O)c1ccc(NC(=S)NCCSCc2ccco2)cc1. The van der Waals surface area contributed by atoms with Gasteiger partial charge in [-0.15, -0.1) is 0 Å². The molecule has 2 N–H and O–H groups in total. The highest BCUT2D eigenvalue weighted by molar-refractivity contribution is 7.98. The Balaban J connectivity index is 1.64. The Morgan fingerprint density at radius 3 is 2.68 bits per heavy atom. The zero-order valence-corrected chi connectivity index (χ0v) is 13.9. The Labute approximate surface area is 139 Å². The minimum atomic E-state index is 0.0563. The number of rotatable bonds is 7. The predicted octanol–water partition coefficient (Wildman–Crippen LogP) is 3.70. The van der Waals surface area contributed by atoms with Crippen molar-refractivity contribution in [3.05, 3.63) is 54.0 Å². The zero-order valence-electron chi connectivity index (χ0n) is 12.3. The molecule has 2 rings (SSSR count). The van der Waals surface area contributed by atoms with Crippen LogP contribution >= 0.6 is 24.0 Å². The van der Waals surface area contributed by atoms with E-state index in [4.69, 9.17) is 16.6 Å². The van der Waals surface area contributed by atoms with E-state index in [0.29, 0.717) is 10.7 Å². The lowest BCUT2D eigenvalue weighted by atomic mass is 10.1. The maximum absolute atomic E-state index is 11.2. The third kappa shape index (κ3) is 5.54. The van der Waals surface area contributed by atoms with E-state index < -0.39 is 0 Å². The van der Waals surface area contributed by atoms with Crippen molar-refractivity contribution in [1.82, 2.24) is 5.32 Å². The van der Waals surface area contributed by atoms with Gasteiger partial charge in [0, 0.05) is 23.5 Å². The van der Waals surface area contributed by atoms with Crippen molar-refractivity contribution in [1.29, 1.82) is 0 Å². The van der Waals surface area contributed by atoms with E-state index in [1.54, 1.807) is 37.1 Å². The van der Waals surface area contributed by atoms with Crippen LogP contribution in [0.4, 0.5) is 5.69 Å². The van der Waals surface area contributed by atoms with Gasteiger partial charge >= 0.3 is 0 Å². The van der Waals surface area contributed by atoms with Crippen molar-refractivity contribution >= 4 is 40.6 Å². The molecule has 0 saturated heterocycles. The van der Waals surface area contributed by atoms with Gasteiger partial charge in [-0.25, -0.2) is 0 Å². The van der Waals surface area contributed by atoms with Gasteiger partial charge in [0.1, 0.15) is 5.76 Å². The molecule has 0 amide bonds. The van der Waals surface area contributed by atoms with Crippen LogP contribution in [-0.4, -0.2) is 23.2 Å². The molecule has 0 aliphatic carbocycles. The van der Waals surface area contributed by atoms with Gasteiger partial charge in [0.05, 0.1) is 12.0 Å². The second-order valence-electron chi connectivity index (χ2n) is 4.65. The van der Waals surface area contributed by atoms with Crippen LogP contribution in [0.1, 0.15) is 23.0 Å². The standard InChI is InChI=1S/C16H18N2O2S2/c1-12(19)13-4-6-14(7-5-13)18-16(21)17-8-10-22-11-15-3-2-9-20-15/h2-7,9H,8,10-11H2,1H3,(H2,17,18,21). The molecule has 0 atom stereocenters. The number of thioether (sulfide) groups is 1. The van der Waals surface area contributed by atoms with Crippen LogP contribution in [0, 0.1) is 0 Å². The van der Waals surface area contributed by atoms with Gasteiger partial charge in [0.15, 0.2) is 10.9 Å². The molecule has 0 aliphatic rings. The summed E-state index contributed by atoms with van der Waals surface area (Å²) >= 11 is 7.02. The Bertz CT molecular complexity index is 610. The molecule has 0 spiro atoms. The van der Waals surface area contributed by atoms with Crippen LogP contribution in [0.3, 0.4) is 0 Å². The summed E-state index contributed by atoms with van der Waals surface area (Å²) in [5.41, 5.74) is 1.56. The topological polar surface area (TPSA) is 54.3 Å². The molecule has 1 aromatic carbocycles. The monoisotopic (exact) mass is 334 g/mol. The molecule has 0 aliphatic heterocycles. The summed E-state index contributed by atoms with van der Waals surface area (Å²) in [6, 6.07) is 11.1. The fourth-order valence-corrected chi connectivity index (χ4v) is 2.74. The van der Waals surface area contributed by atoms with E-state index in [1.807, 2.05) is 24.3 Å². The second kappa shape index (κ2) is 8.60. The number of hydrogen-bond acceptors (Lipinski definition) is 4. The number of ketones is 1. The van der Waals surface area contributed by atoms with Crippen molar-refractivity contribution in [3.63, 3.8) is 0 Å². The molecule has 4 nitrogen and oxygen atoms in total. The largest absolute Gasteiger partial charge is 0.468 e. The summed E-state index contributed by atoms with van der Waals surface area (Å²) in [6.45, 7) is 2.33. The van der Waals surface area contributed by atoms with Gasteiger partial charge in [-0.3, -0.25) is 4.79 Å². The fraction of sp³-hybridized carbons (Fsp3) is 0.250. The molecule has 0 unspecified atom stereocenters. The van der Waals surface area contributed by atoms with Gasteiger partial charge < -0.3 is 15.1 Å². The lowest BCUT2D eigenvalue weighted by Crippen LogP contribution is -2.30. The lowest BCUT2D eigenvalue weighted by Gasteiger charge is -2.10. The van der Waals surface area contributed by atoms with Crippen LogP contribution in [0.15, 0.2) is 47.1 Å². The first-order chi connectivity index (χ1) is 10.6. The highest BCUT2D eigenvalue weighted by Gasteiger charge is 2.01. The van der Waals surface area contributed by atoms with E-state index >= 15 is 0 Å². The average Bonchev–Trinajstić information content (AvgIpc) is 3.00. The summed E-state index contributed by atoms with van der Waals surface area (Å²) < 4.78 is 5.26. The third-order valence-electron chi connectivity index (χ3n) is 2.91. The number of carbonyl (C=O) groups excluding carboxylic acids is 1. The first kappa shape index (κ1) is 16.6. The van der Waals surface area contributed by atoms with Gasteiger partial charge in [-0.05, 0) is 55.5 Å². The normalized spacial score (nSPS) is 10.2. The molecule has 0 bridgehead atoms. The fourth-order valence-electron chi connectivity index (χ4n) is 1.77. The van der Waals surface area contributed by atoms with Crippen LogP contribution in [0.5, 0.6) is 0 Å². The highest BCUT2D eigenvalue weighted by Crippen LogP contribution is 2.12. The van der Waals surface area contributed by atoms with Crippen molar-refractivity contribution in [3.8, 4) is 0 Å². The average molecular weight is 334 g/mol. The lowest BCUT2D eigenvalue weighted by molar-refractivity contribution is 0.101. The summed E-state index contributed by atoms with van der Waals surface area (Å²) in [6.07, 6.45) is 1.69. The van der Waals surface area contributed by atoms with Crippen LogP contribution in [0.25, 0.3) is 0 Å². The number of furan rings is 1. The van der Waals surface area contributed by atoms with Gasteiger partial charge in [0.25, 0.3) is 0 Å². The van der Waals surface area contributed by atoms with Crippen LogP contribution in [-0.2, 0) is 5.75 Å². The molecular weight excluding hydrogens is 316 g/mol. The summed E-state index contributed by atoms with van der Waals surface area (Å²) in [7, 11) is 0. The van der Waals surface area contributed by atoms with Crippen LogP contribution in [0.2, 0.25) is 0 Å². The number of anilines is 1. The Morgan fingerprint density at radius 2 is 2.05 bits per heavy atom. The molecule has 6 heteroatoms. The highest BCUT2D eigenvalue weighted by atomic mass is 32.2. The molecule has 1 heterocycles. The van der Waals surface area contributed by atoms with Gasteiger partial charge in [0.2, 0.25) is 0 Å². The van der Waals surface area contributed by atoms with E-state index in [-0.39, 0.29) is 5.78 Å². The first-order valence-electron chi connectivity index (χ1n) is 6.91. The third-order valence-corrected chi connectivity index (χ3v) is 4.13. The smallest absolute Gasteiger partial charge is 0.170 e. The maximum atomic E-state index is 11.2.